The Morgan fingerprint density at radius 2 is 1.69 bits per heavy atom. The zero-order valence-electron chi connectivity index (χ0n) is 28.3. The molecule has 0 saturated carbocycles. The molecule has 4 amide bonds. The van der Waals surface area contributed by atoms with Crippen LogP contribution in [0.2, 0.25) is 0 Å². The van der Waals surface area contributed by atoms with Gasteiger partial charge in [-0.3, -0.25) is 20.2 Å². The van der Waals surface area contributed by atoms with Crippen molar-refractivity contribution < 1.29 is 28.7 Å². The quantitative estimate of drug-likeness (QED) is 0.129. The van der Waals surface area contributed by atoms with E-state index in [1.54, 1.807) is 13.8 Å². The molecule has 3 rings (SSSR count). The van der Waals surface area contributed by atoms with Gasteiger partial charge in [0.05, 0.1) is 35.8 Å². The molecular weight excluding hydrogens is 656 g/mol. The van der Waals surface area contributed by atoms with Gasteiger partial charge in [-0.15, -0.1) is 0 Å². The van der Waals surface area contributed by atoms with Crippen molar-refractivity contribution in [2.75, 3.05) is 50.1 Å². The van der Waals surface area contributed by atoms with Gasteiger partial charge in [-0.05, 0) is 75.9 Å². The van der Waals surface area contributed by atoms with Gasteiger partial charge < -0.3 is 30.0 Å². The fourth-order valence-electron chi connectivity index (χ4n) is 4.73. The van der Waals surface area contributed by atoms with E-state index in [0.29, 0.717) is 48.8 Å². The normalized spacial score (nSPS) is 13.5. The summed E-state index contributed by atoms with van der Waals surface area (Å²) in [6, 6.07) is 6.62. The molecular formula is C33H43ClN8O7. The van der Waals surface area contributed by atoms with Gasteiger partial charge in [0.15, 0.2) is 0 Å². The summed E-state index contributed by atoms with van der Waals surface area (Å²) in [7, 11) is 1.20. The summed E-state index contributed by atoms with van der Waals surface area (Å²) in [6.45, 7) is 9.60. The third-order valence-electron chi connectivity index (χ3n) is 7.39. The Kier molecular flexibility index (Phi) is 14.8. The molecule has 1 aromatic carbocycles. The van der Waals surface area contributed by atoms with E-state index in [1.807, 2.05) is 32.0 Å². The fourth-order valence-corrected chi connectivity index (χ4v) is 4.93. The van der Waals surface area contributed by atoms with Gasteiger partial charge in [-0.2, -0.15) is 4.98 Å². The minimum atomic E-state index is -0.788. The van der Waals surface area contributed by atoms with Crippen molar-refractivity contribution in [3.05, 3.63) is 68.3 Å². The predicted molar refractivity (Wildman–Crippen MR) is 188 cm³/mol. The number of likely N-dealkylation sites (N-methyl/N-ethyl adjacent to an activating group) is 1. The second-order valence-corrected chi connectivity index (χ2v) is 11.5. The number of aryl methyl sites for hydroxylation is 2. The number of benzene rings is 1. The van der Waals surface area contributed by atoms with Crippen molar-refractivity contribution in [3.8, 4) is 0 Å². The maximum Gasteiger partial charge on any atom is 0.411 e. The molecule has 0 unspecified atom stereocenters. The first-order chi connectivity index (χ1) is 23.4. The van der Waals surface area contributed by atoms with Crippen LogP contribution < -0.4 is 31.7 Å². The van der Waals surface area contributed by atoms with Crippen molar-refractivity contribution in [2.24, 2.45) is 4.99 Å². The predicted octanol–water partition coefficient (Wildman–Crippen LogP) is 4.73. The summed E-state index contributed by atoms with van der Waals surface area (Å²) in [4.78, 5) is 73.0. The van der Waals surface area contributed by atoms with Gasteiger partial charge in [0, 0.05) is 37.1 Å². The number of aromatic nitrogens is 2. The zero-order chi connectivity index (χ0) is 35.9. The van der Waals surface area contributed by atoms with Crippen LogP contribution in [0.5, 0.6) is 0 Å². The minimum Gasteiger partial charge on any atom is -0.453 e. The highest BCUT2D eigenvalue weighted by atomic mass is 35.5. The molecule has 0 fully saturated rings. The fraction of sp³-hybridized carbons (Fsp3) is 0.424. The van der Waals surface area contributed by atoms with Gasteiger partial charge >= 0.3 is 18.2 Å². The number of Topliss-reactive ketones (excluding diaryl/α,β-unsaturated/α-hetero) is 1. The van der Waals surface area contributed by atoms with E-state index in [1.165, 1.54) is 19.3 Å². The molecule has 2 aromatic rings. The lowest BCUT2D eigenvalue weighted by molar-refractivity contribution is -0.112. The van der Waals surface area contributed by atoms with Crippen LogP contribution in [0.1, 0.15) is 50.8 Å². The summed E-state index contributed by atoms with van der Waals surface area (Å²) >= 11 is 6.24. The third kappa shape index (κ3) is 12.1. The number of ether oxygens (including phenoxy) is 2. The number of H-pyrrole nitrogens is 1. The number of rotatable bonds is 15. The molecule has 0 saturated heterocycles. The van der Waals surface area contributed by atoms with Crippen molar-refractivity contribution in [1.82, 2.24) is 25.9 Å². The van der Waals surface area contributed by atoms with Gasteiger partial charge in [0.2, 0.25) is 11.7 Å². The summed E-state index contributed by atoms with van der Waals surface area (Å²) in [5.41, 5.74) is 3.53. The van der Waals surface area contributed by atoms with E-state index in [0.717, 1.165) is 36.9 Å². The largest absolute Gasteiger partial charge is 0.453 e. The number of allylic oxidation sites excluding steroid dienone is 3. The van der Waals surface area contributed by atoms with Gasteiger partial charge in [-0.1, -0.05) is 24.4 Å². The number of hydrogen-bond acceptors (Lipinski definition) is 10. The van der Waals surface area contributed by atoms with Gasteiger partial charge in [0.1, 0.15) is 6.61 Å². The summed E-state index contributed by atoms with van der Waals surface area (Å²) in [5.74, 6) is -0.424. The molecule has 0 atom stereocenters. The lowest BCUT2D eigenvalue weighted by Crippen LogP contribution is -2.31. The Labute approximate surface area is 289 Å². The Morgan fingerprint density at radius 3 is 2.35 bits per heavy atom. The van der Waals surface area contributed by atoms with E-state index in [9.17, 15) is 24.0 Å². The first-order valence-electron chi connectivity index (χ1n) is 15.9. The van der Waals surface area contributed by atoms with E-state index in [2.05, 4.69) is 45.9 Å². The molecule has 16 heteroatoms. The number of halogens is 1. The number of hydrogen-bond donors (Lipinski definition) is 5. The van der Waals surface area contributed by atoms with E-state index in [-0.39, 0.29) is 23.3 Å². The van der Waals surface area contributed by atoms with Crippen molar-refractivity contribution in [3.63, 3.8) is 0 Å². The first kappa shape index (κ1) is 38.3. The molecule has 1 heterocycles. The Balaban J connectivity index is 1.37. The van der Waals surface area contributed by atoms with Crippen LogP contribution in [-0.2, 0) is 14.3 Å². The molecule has 15 nitrogen and oxygen atoms in total. The summed E-state index contributed by atoms with van der Waals surface area (Å²) in [5, 5.41) is 10.3. The second-order valence-electron chi connectivity index (χ2n) is 11.1. The maximum atomic E-state index is 12.5. The number of carbonyl (C=O) groups excluding carboxylic acids is 4. The van der Waals surface area contributed by atoms with Crippen LogP contribution in [0.25, 0.3) is 0 Å². The molecule has 0 aliphatic heterocycles. The van der Waals surface area contributed by atoms with E-state index >= 15 is 0 Å². The van der Waals surface area contributed by atoms with E-state index in [4.69, 9.17) is 16.3 Å². The lowest BCUT2D eigenvalue weighted by atomic mass is 10.0. The second kappa shape index (κ2) is 19.0. The standard InChI is InChI=1S/C33H43ClN8O7/c1-6-42(23-11-12-24(20(2)17-23)38-25-19-26(39-33(47)48-5)29(44)28(34)22(25)4)15-16-49-32(46)36-14-10-8-7-9-13-35-31(45)41-30-37-21(3)18-27(43)40-30/h11-12,17-19H,6-10,13-16H2,1-5H3,(H,36,46)(H,39,47)(H3,35,37,40,41,43,45)/b38-25+. The van der Waals surface area contributed by atoms with Crippen LogP contribution in [-0.4, -0.2) is 79.6 Å². The number of ketones is 1. The number of amides is 4. The average Bonchev–Trinajstić information content (AvgIpc) is 3.05. The molecule has 49 heavy (non-hydrogen) atoms. The monoisotopic (exact) mass is 698 g/mol. The van der Waals surface area contributed by atoms with Crippen molar-refractivity contribution in [1.29, 1.82) is 0 Å². The van der Waals surface area contributed by atoms with Crippen LogP contribution >= 0.6 is 11.6 Å². The van der Waals surface area contributed by atoms with Gasteiger partial charge in [-0.25, -0.2) is 19.4 Å². The van der Waals surface area contributed by atoms with Crippen molar-refractivity contribution >= 4 is 58.6 Å². The van der Waals surface area contributed by atoms with Crippen LogP contribution in [0.15, 0.2) is 56.4 Å². The highest BCUT2D eigenvalue weighted by Gasteiger charge is 2.25. The number of nitrogens with one attached hydrogen (secondary N) is 5. The number of anilines is 2. The van der Waals surface area contributed by atoms with Crippen LogP contribution in [0, 0.1) is 13.8 Å². The number of unbranched alkanes of at least 4 members (excludes halogenated alkanes) is 3. The Hall–Kier alpha value is -5.18. The van der Waals surface area contributed by atoms with Crippen molar-refractivity contribution in [2.45, 2.75) is 53.4 Å². The highest BCUT2D eigenvalue weighted by molar-refractivity contribution is 6.49. The number of carbonyl (C=O) groups is 4. The molecule has 5 N–H and O–H groups in total. The zero-order valence-corrected chi connectivity index (χ0v) is 29.1. The number of aromatic amines is 1. The van der Waals surface area contributed by atoms with Crippen LogP contribution in [0.4, 0.5) is 31.7 Å². The lowest BCUT2D eigenvalue weighted by Gasteiger charge is -2.24. The topological polar surface area (TPSA) is 196 Å². The Morgan fingerprint density at radius 1 is 0.980 bits per heavy atom. The van der Waals surface area contributed by atoms with E-state index < -0.39 is 29.6 Å². The van der Waals surface area contributed by atoms with Gasteiger partial charge in [0.25, 0.3) is 5.56 Å². The molecule has 1 aromatic heterocycles. The molecule has 264 valence electrons. The van der Waals surface area contributed by atoms with Crippen LogP contribution in [0.3, 0.4) is 0 Å². The SMILES string of the molecule is CCN(CCOC(=O)NCCCCCCNC(=O)Nc1nc(=O)cc(C)[nH]1)c1ccc(/N=C2\C=C(NC(=O)OC)C(=O)C(Cl)=C2C)c(C)c1. The number of urea groups is 1. The first-order valence-corrected chi connectivity index (χ1v) is 16.3. The Bertz CT molecular complexity index is 1680. The molecule has 0 radical (unpaired) electrons. The molecule has 1 aliphatic carbocycles. The highest BCUT2D eigenvalue weighted by Crippen LogP contribution is 2.28. The summed E-state index contributed by atoms with van der Waals surface area (Å²) in [6.07, 6.45) is 3.45. The molecule has 1 aliphatic rings. The molecule has 0 bridgehead atoms. The molecule has 0 spiro atoms. The maximum absolute atomic E-state index is 12.5. The minimum absolute atomic E-state index is 0.0262. The number of methoxy groups -OCH3 is 1. The third-order valence-corrected chi connectivity index (χ3v) is 7.85. The average molecular weight is 699 g/mol. The smallest absolute Gasteiger partial charge is 0.411 e. The number of alkyl carbamates (subject to hydrolysis) is 2. The number of nitrogens with zero attached hydrogens (tertiary/aromatic N) is 3. The number of aliphatic imine (C=N–C) groups is 1. The summed E-state index contributed by atoms with van der Waals surface area (Å²) < 4.78 is 9.96.